The third-order valence-corrected chi connectivity index (χ3v) is 5.19. The van der Waals surface area contributed by atoms with Gasteiger partial charge in [0.15, 0.2) is 0 Å². The van der Waals surface area contributed by atoms with Crippen LogP contribution in [0.4, 0.5) is 0 Å². The highest BCUT2D eigenvalue weighted by Crippen LogP contribution is 2.37. The molecule has 0 aliphatic heterocycles. The molecular formula is C20H32. The van der Waals surface area contributed by atoms with Crippen molar-refractivity contribution in [3.05, 3.63) is 34.9 Å². The highest BCUT2D eigenvalue weighted by molar-refractivity contribution is 5.40. The topological polar surface area (TPSA) is 0 Å². The molecule has 2 unspecified atom stereocenters. The summed E-state index contributed by atoms with van der Waals surface area (Å²) in [6.07, 6.45) is 12.2. The van der Waals surface area contributed by atoms with Crippen LogP contribution in [0.1, 0.15) is 88.3 Å². The van der Waals surface area contributed by atoms with Crippen LogP contribution in [0, 0.1) is 5.92 Å². The minimum Gasteiger partial charge on any atom is -0.0654 e. The Labute approximate surface area is 126 Å². The molecule has 20 heavy (non-hydrogen) atoms. The van der Waals surface area contributed by atoms with Crippen LogP contribution < -0.4 is 0 Å². The molecule has 0 heteroatoms. The van der Waals surface area contributed by atoms with E-state index in [1.165, 1.54) is 57.8 Å². The quantitative estimate of drug-likeness (QED) is 0.464. The summed E-state index contributed by atoms with van der Waals surface area (Å²) in [5, 5.41) is 0. The van der Waals surface area contributed by atoms with Gasteiger partial charge in [-0.3, -0.25) is 0 Å². The lowest BCUT2D eigenvalue weighted by Gasteiger charge is -2.29. The Bertz CT molecular complexity index is 404. The second-order valence-electron chi connectivity index (χ2n) is 6.59. The van der Waals surface area contributed by atoms with Gasteiger partial charge in [0, 0.05) is 0 Å². The van der Waals surface area contributed by atoms with Crippen LogP contribution in [0.2, 0.25) is 0 Å². The number of unbranched alkanes of at least 4 members (excludes halogenated alkanes) is 2. The molecule has 0 bridgehead atoms. The Morgan fingerprint density at radius 2 is 1.70 bits per heavy atom. The Balaban J connectivity index is 2.12. The van der Waals surface area contributed by atoms with Gasteiger partial charge in [-0.25, -0.2) is 0 Å². The molecule has 0 radical (unpaired) electrons. The maximum absolute atomic E-state index is 2.54. The van der Waals surface area contributed by atoms with Crippen LogP contribution in [-0.2, 0) is 12.8 Å². The van der Waals surface area contributed by atoms with Crippen LogP contribution >= 0.6 is 0 Å². The largest absolute Gasteiger partial charge is 0.0654 e. The maximum Gasteiger partial charge on any atom is -0.0134 e. The first-order valence-electron chi connectivity index (χ1n) is 8.91. The molecule has 1 aromatic rings. The normalized spacial score (nSPS) is 16.4. The number of aryl methyl sites for hydroxylation is 2. The molecule has 1 aromatic carbocycles. The summed E-state index contributed by atoms with van der Waals surface area (Å²) in [6.45, 7) is 7.03. The minimum atomic E-state index is 0.803. The molecule has 1 aliphatic carbocycles. The van der Waals surface area contributed by atoms with Crippen LogP contribution in [-0.4, -0.2) is 0 Å². The van der Waals surface area contributed by atoms with Crippen molar-refractivity contribution in [2.75, 3.05) is 0 Å². The van der Waals surface area contributed by atoms with E-state index in [1.807, 2.05) is 0 Å². The summed E-state index contributed by atoms with van der Waals surface area (Å²) in [5.41, 5.74) is 4.87. The number of fused-ring (bicyclic) bond motifs is 1. The lowest BCUT2D eigenvalue weighted by Crippen LogP contribution is -2.15. The zero-order valence-corrected chi connectivity index (χ0v) is 13.8. The van der Waals surface area contributed by atoms with Crippen molar-refractivity contribution in [3.63, 3.8) is 0 Å². The van der Waals surface area contributed by atoms with E-state index in [0.29, 0.717) is 0 Å². The van der Waals surface area contributed by atoms with Crippen LogP contribution in [0.3, 0.4) is 0 Å². The van der Waals surface area contributed by atoms with Gasteiger partial charge in [0.25, 0.3) is 0 Å². The smallest absolute Gasteiger partial charge is 0.0134 e. The number of hydrogen-bond donors (Lipinski definition) is 0. The molecule has 112 valence electrons. The first-order chi connectivity index (χ1) is 9.80. The first kappa shape index (κ1) is 15.6. The molecule has 2 rings (SSSR count). The summed E-state index contributed by atoms with van der Waals surface area (Å²) in [6, 6.07) is 7.38. The van der Waals surface area contributed by atoms with Gasteiger partial charge in [0.1, 0.15) is 0 Å². The van der Waals surface area contributed by atoms with Crippen LogP contribution in [0.5, 0.6) is 0 Å². The third kappa shape index (κ3) is 3.65. The molecule has 0 fully saturated rings. The van der Waals surface area contributed by atoms with Gasteiger partial charge in [0.05, 0.1) is 0 Å². The highest BCUT2D eigenvalue weighted by atomic mass is 14.3. The maximum atomic E-state index is 2.54. The lowest BCUT2D eigenvalue weighted by molar-refractivity contribution is 0.353. The third-order valence-electron chi connectivity index (χ3n) is 5.19. The second kappa shape index (κ2) is 7.86. The number of benzene rings is 1. The van der Waals surface area contributed by atoms with Gasteiger partial charge in [-0.15, -0.1) is 0 Å². The van der Waals surface area contributed by atoms with Crippen molar-refractivity contribution >= 4 is 0 Å². The predicted molar refractivity (Wildman–Crippen MR) is 89.4 cm³/mol. The molecule has 0 saturated heterocycles. The first-order valence-corrected chi connectivity index (χ1v) is 8.91. The molecule has 2 atom stereocenters. The fourth-order valence-electron chi connectivity index (χ4n) is 3.80. The van der Waals surface area contributed by atoms with Crippen molar-refractivity contribution in [2.45, 2.75) is 84.5 Å². The summed E-state index contributed by atoms with van der Waals surface area (Å²) < 4.78 is 0. The minimum absolute atomic E-state index is 0.803. The van der Waals surface area contributed by atoms with Crippen LogP contribution in [0.25, 0.3) is 0 Å². The Morgan fingerprint density at radius 3 is 2.25 bits per heavy atom. The van der Waals surface area contributed by atoms with Crippen molar-refractivity contribution in [3.8, 4) is 0 Å². The van der Waals surface area contributed by atoms with Crippen molar-refractivity contribution in [1.29, 1.82) is 0 Å². The fraction of sp³-hybridized carbons (Fsp3) is 0.700. The summed E-state index contributed by atoms with van der Waals surface area (Å²) >= 11 is 0. The van der Waals surface area contributed by atoms with E-state index < -0.39 is 0 Å². The van der Waals surface area contributed by atoms with Gasteiger partial charge >= 0.3 is 0 Å². The summed E-state index contributed by atoms with van der Waals surface area (Å²) in [5.74, 6) is 1.69. The van der Waals surface area contributed by atoms with E-state index in [9.17, 15) is 0 Å². The van der Waals surface area contributed by atoms with Crippen LogP contribution in [0.15, 0.2) is 18.2 Å². The SMILES string of the molecule is CCCCCC(c1ccc2c(c1)CC2)C(CC)CCC. The molecule has 1 aliphatic rings. The van der Waals surface area contributed by atoms with Gasteiger partial charge in [-0.1, -0.05) is 77.5 Å². The fourth-order valence-corrected chi connectivity index (χ4v) is 3.80. The summed E-state index contributed by atoms with van der Waals surface area (Å²) in [7, 11) is 0. The Hall–Kier alpha value is -0.780. The van der Waals surface area contributed by atoms with E-state index in [4.69, 9.17) is 0 Å². The zero-order valence-electron chi connectivity index (χ0n) is 13.8. The van der Waals surface area contributed by atoms with Crippen molar-refractivity contribution in [2.24, 2.45) is 5.92 Å². The van der Waals surface area contributed by atoms with E-state index in [-0.39, 0.29) is 0 Å². The van der Waals surface area contributed by atoms with E-state index in [2.05, 4.69) is 39.0 Å². The molecule has 0 heterocycles. The van der Waals surface area contributed by atoms with E-state index in [1.54, 1.807) is 16.7 Å². The monoisotopic (exact) mass is 272 g/mol. The average molecular weight is 272 g/mol. The number of hydrogen-bond acceptors (Lipinski definition) is 0. The van der Waals surface area contributed by atoms with E-state index >= 15 is 0 Å². The Morgan fingerprint density at radius 1 is 0.900 bits per heavy atom. The molecule has 0 aromatic heterocycles. The molecule has 0 spiro atoms. The molecule has 0 nitrogen and oxygen atoms in total. The highest BCUT2D eigenvalue weighted by Gasteiger charge is 2.23. The van der Waals surface area contributed by atoms with Crippen molar-refractivity contribution in [1.82, 2.24) is 0 Å². The summed E-state index contributed by atoms with van der Waals surface area (Å²) in [4.78, 5) is 0. The Kier molecular flexibility index (Phi) is 6.13. The molecule has 0 N–H and O–H groups in total. The average Bonchev–Trinajstić information content (AvgIpc) is 2.44. The van der Waals surface area contributed by atoms with E-state index in [0.717, 1.165) is 11.8 Å². The molecular weight excluding hydrogens is 240 g/mol. The van der Waals surface area contributed by atoms with Gasteiger partial charge in [-0.05, 0) is 47.8 Å². The zero-order chi connectivity index (χ0) is 14.4. The van der Waals surface area contributed by atoms with Gasteiger partial charge in [-0.2, -0.15) is 0 Å². The number of rotatable bonds is 9. The van der Waals surface area contributed by atoms with Crippen molar-refractivity contribution < 1.29 is 0 Å². The molecule has 0 saturated carbocycles. The van der Waals surface area contributed by atoms with Gasteiger partial charge in [0.2, 0.25) is 0 Å². The standard InChI is InChI=1S/C20H32/c1-4-7-8-10-20(16(6-3)9-5-2)19-14-12-17-11-13-18(17)15-19/h12,14-16,20H,4-11,13H2,1-3H3. The lowest BCUT2D eigenvalue weighted by atomic mass is 9.76. The predicted octanol–water partition coefficient (Wildman–Crippen LogP) is 6.28. The van der Waals surface area contributed by atoms with Gasteiger partial charge < -0.3 is 0 Å². The molecule has 0 amide bonds. The second-order valence-corrected chi connectivity index (χ2v) is 6.59.